The summed E-state index contributed by atoms with van der Waals surface area (Å²) < 4.78 is 12.5. The third kappa shape index (κ3) is 3.28. The monoisotopic (exact) mass is 353 g/mol. The largest absolute Gasteiger partial charge is 0.497 e. The highest BCUT2D eigenvalue weighted by Crippen LogP contribution is 2.26. The van der Waals surface area contributed by atoms with Crippen molar-refractivity contribution >= 4 is 16.8 Å². The lowest BCUT2D eigenvalue weighted by molar-refractivity contribution is 0.0586. The van der Waals surface area contributed by atoms with E-state index in [-0.39, 0.29) is 11.9 Å². The summed E-state index contributed by atoms with van der Waals surface area (Å²) in [6.45, 7) is 0.372. The molecule has 1 atom stereocenters. The molecule has 0 fully saturated rings. The molecule has 0 radical (unpaired) electrons. The molecule has 0 N–H and O–H groups in total. The lowest BCUT2D eigenvalue weighted by atomic mass is 10.1. The summed E-state index contributed by atoms with van der Waals surface area (Å²) in [6.07, 6.45) is 1.72. The Morgan fingerprint density at radius 3 is 2.69 bits per heavy atom. The zero-order valence-corrected chi connectivity index (χ0v) is 15.5. The molecule has 2 aromatic heterocycles. The Morgan fingerprint density at radius 1 is 1.23 bits per heavy atom. The summed E-state index contributed by atoms with van der Waals surface area (Å²) in [7, 11) is 6.92. The Bertz CT molecular complexity index is 905. The summed E-state index contributed by atoms with van der Waals surface area (Å²) >= 11 is 0. The number of fused-ring (bicyclic) bond motifs is 1. The van der Waals surface area contributed by atoms with Gasteiger partial charge in [-0.1, -0.05) is 6.07 Å². The first-order valence-corrected chi connectivity index (χ1v) is 8.37. The van der Waals surface area contributed by atoms with Gasteiger partial charge in [0.15, 0.2) is 0 Å². The Hall–Kier alpha value is -2.86. The number of amides is 1. The molecule has 1 amide bonds. The van der Waals surface area contributed by atoms with Crippen LogP contribution in [0.5, 0.6) is 5.75 Å². The second kappa shape index (κ2) is 7.58. The molecule has 3 aromatic rings. The van der Waals surface area contributed by atoms with Crippen LogP contribution in [0.15, 0.2) is 48.7 Å². The van der Waals surface area contributed by atoms with E-state index in [1.807, 2.05) is 54.1 Å². The van der Waals surface area contributed by atoms with Gasteiger partial charge in [-0.15, -0.1) is 0 Å². The highest BCUT2D eigenvalue weighted by molar-refractivity contribution is 5.99. The second-order valence-electron chi connectivity index (χ2n) is 6.16. The second-order valence-corrected chi connectivity index (χ2v) is 6.16. The van der Waals surface area contributed by atoms with Crippen LogP contribution in [0.2, 0.25) is 0 Å². The molecule has 26 heavy (non-hydrogen) atoms. The molecule has 1 aromatic carbocycles. The van der Waals surface area contributed by atoms with Gasteiger partial charge in [0.2, 0.25) is 0 Å². The van der Waals surface area contributed by atoms with Crippen LogP contribution in [0.4, 0.5) is 0 Å². The van der Waals surface area contributed by atoms with Crippen molar-refractivity contribution in [1.82, 2.24) is 14.5 Å². The van der Waals surface area contributed by atoms with Gasteiger partial charge in [0.25, 0.3) is 5.91 Å². The summed E-state index contributed by atoms with van der Waals surface area (Å²) in [5.41, 5.74) is 2.38. The van der Waals surface area contributed by atoms with E-state index in [0.29, 0.717) is 12.3 Å². The summed E-state index contributed by atoms with van der Waals surface area (Å²) in [5, 5.41) is 0.963. The van der Waals surface area contributed by atoms with E-state index >= 15 is 0 Å². The molecule has 0 bridgehead atoms. The molecule has 3 rings (SSSR count). The van der Waals surface area contributed by atoms with Gasteiger partial charge in [-0.05, 0) is 36.4 Å². The maximum Gasteiger partial charge on any atom is 0.270 e. The number of benzene rings is 1. The molecule has 136 valence electrons. The first-order valence-electron chi connectivity index (χ1n) is 8.37. The molecule has 0 saturated carbocycles. The van der Waals surface area contributed by atoms with Gasteiger partial charge in [-0.2, -0.15) is 0 Å². The average Bonchev–Trinajstić information content (AvgIpc) is 3.01. The molecule has 0 saturated heterocycles. The maximum absolute atomic E-state index is 13.2. The van der Waals surface area contributed by atoms with Gasteiger partial charge < -0.3 is 18.9 Å². The predicted octanol–water partition coefficient (Wildman–Crippen LogP) is 3.04. The number of carbonyl (C=O) groups is 1. The number of methoxy groups -OCH3 is 2. The minimum atomic E-state index is -0.263. The lowest BCUT2D eigenvalue weighted by Gasteiger charge is -2.27. The molecule has 0 aliphatic heterocycles. The number of pyridine rings is 1. The topological polar surface area (TPSA) is 56.6 Å². The zero-order chi connectivity index (χ0) is 18.7. The third-order valence-corrected chi connectivity index (χ3v) is 4.61. The molecule has 6 heteroatoms. The Morgan fingerprint density at radius 2 is 2.04 bits per heavy atom. The van der Waals surface area contributed by atoms with Crippen molar-refractivity contribution < 1.29 is 14.3 Å². The average molecular weight is 353 g/mol. The summed E-state index contributed by atoms with van der Waals surface area (Å²) in [6, 6.07) is 13.1. The van der Waals surface area contributed by atoms with E-state index in [0.717, 1.165) is 22.3 Å². The first kappa shape index (κ1) is 17.9. The molecule has 0 aliphatic carbocycles. The quantitative estimate of drug-likeness (QED) is 0.683. The van der Waals surface area contributed by atoms with Crippen molar-refractivity contribution in [2.75, 3.05) is 27.9 Å². The Labute approximate surface area is 153 Å². The molecule has 0 spiro atoms. The molecular weight excluding hydrogens is 330 g/mol. The fourth-order valence-electron chi connectivity index (χ4n) is 3.11. The Balaban J connectivity index is 1.96. The van der Waals surface area contributed by atoms with E-state index in [2.05, 4.69) is 4.98 Å². The zero-order valence-electron chi connectivity index (χ0n) is 15.5. The standard InChI is InChI=1S/C20H23N3O3/c1-22-17-9-8-15(26-4)11-14(17)12-18(22)20(24)23(2)19(13-25-3)16-7-5-6-10-21-16/h5-12,19H,13H2,1-4H3/t19-/m0/s1. The molecule has 0 aliphatic rings. The van der Waals surface area contributed by atoms with Gasteiger partial charge in [-0.25, -0.2) is 0 Å². The highest BCUT2D eigenvalue weighted by Gasteiger charge is 2.26. The van der Waals surface area contributed by atoms with Crippen LogP contribution in [0.3, 0.4) is 0 Å². The van der Waals surface area contributed by atoms with Crippen molar-refractivity contribution in [3.8, 4) is 5.75 Å². The van der Waals surface area contributed by atoms with E-state index < -0.39 is 0 Å². The van der Waals surface area contributed by atoms with Gasteiger partial charge in [0, 0.05) is 38.3 Å². The van der Waals surface area contributed by atoms with Crippen LogP contribution >= 0.6 is 0 Å². The number of likely N-dealkylation sites (N-methyl/N-ethyl adjacent to an activating group) is 1. The number of hydrogen-bond donors (Lipinski definition) is 0. The van der Waals surface area contributed by atoms with E-state index in [9.17, 15) is 4.79 Å². The normalized spacial score (nSPS) is 12.2. The number of aromatic nitrogens is 2. The minimum Gasteiger partial charge on any atom is -0.497 e. The van der Waals surface area contributed by atoms with E-state index in [4.69, 9.17) is 9.47 Å². The fourth-order valence-corrected chi connectivity index (χ4v) is 3.11. The van der Waals surface area contributed by atoms with Crippen molar-refractivity contribution in [2.24, 2.45) is 7.05 Å². The number of nitrogens with zero attached hydrogens (tertiary/aromatic N) is 3. The summed E-state index contributed by atoms with van der Waals surface area (Å²) in [4.78, 5) is 19.2. The van der Waals surface area contributed by atoms with Gasteiger partial charge in [0.05, 0.1) is 25.5 Å². The van der Waals surface area contributed by atoms with Crippen LogP contribution in [0.1, 0.15) is 22.2 Å². The van der Waals surface area contributed by atoms with Crippen molar-refractivity contribution in [3.63, 3.8) is 0 Å². The maximum atomic E-state index is 13.2. The highest BCUT2D eigenvalue weighted by atomic mass is 16.5. The van der Waals surface area contributed by atoms with Crippen LogP contribution in [-0.2, 0) is 11.8 Å². The van der Waals surface area contributed by atoms with Gasteiger partial charge in [-0.3, -0.25) is 9.78 Å². The Kier molecular flexibility index (Phi) is 5.23. The van der Waals surface area contributed by atoms with Gasteiger partial charge >= 0.3 is 0 Å². The predicted molar refractivity (Wildman–Crippen MR) is 100 cm³/mol. The number of rotatable bonds is 6. The van der Waals surface area contributed by atoms with Crippen molar-refractivity contribution in [3.05, 3.63) is 60.0 Å². The van der Waals surface area contributed by atoms with Crippen LogP contribution in [-0.4, -0.2) is 48.2 Å². The molecule has 6 nitrogen and oxygen atoms in total. The van der Waals surface area contributed by atoms with E-state index in [1.165, 1.54) is 0 Å². The van der Waals surface area contributed by atoms with Gasteiger partial charge in [0.1, 0.15) is 11.4 Å². The number of aryl methyl sites for hydroxylation is 1. The third-order valence-electron chi connectivity index (χ3n) is 4.61. The number of carbonyl (C=O) groups excluding carboxylic acids is 1. The number of hydrogen-bond acceptors (Lipinski definition) is 4. The lowest BCUT2D eigenvalue weighted by Crippen LogP contribution is -2.35. The number of ether oxygens (including phenoxy) is 2. The molecular formula is C20H23N3O3. The molecule has 0 unspecified atom stereocenters. The van der Waals surface area contributed by atoms with E-state index in [1.54, 1.807) is 32.4 Å². The fraction of sp³-hybridized carbons (Fsp3) is 0.300. The van der Waals surface area contributed by atoms with Crippen LogP contribution < -0.4 is 4.74 Å². The molecule has 2 heterocycles. The van der Waals surface area contributed by atoms with Crippen molar-refractivity contribution in [1.29, 1.82) is 0 Å². The SMILES string of the molecule is COC[C@@H](c1ccccn1)N(C)C(=O)c1cc2cc(OC)ccc2n1C. The first-order chi connectivity index (χ1) is 12.6. The van der Waals surface area contributed by atoms with Crippen LogP contribution in [0, 0.1) is 0 Å². The summed E-state index contributed by atoms with van der Waals surface area (Å²) in [5.74, 6) is 0.677. The van der Waals surface area contributed by atoms with Crippen LogP contribution in [0.25, 0.3) is 10.9 Å². The smallest absolute Gasteiger partial charge is 0.270 e. The minimum absolute atomic E-state index is 0.0876. The van der Waals surface area contributed by atoms with Crippen molar-refractivity contribution in [2.45, 2.75) is 6.04 Å².